The van der Waals surface area contributed by atoms with Gasteiger partial charge >= 0.3 is 5.97 Å². The lowest BCUT2D eigenvalue weighted by Gasteiger charge is -2.27. The number of unbranched alkanes of at least 4 members (excludes halogenated alkanes) is 1. The zero-order valence-corrected chi connectivity index (χ0v) is 19.8. The zero-order chi connectivity index (χ0) is 23.9. The van der Waals surface area contributed by atoms with E-state index in [1.807, 2.05) is 0 Å². The maximum Gasteiger partial charge on any atom is 0.335 e. The third kappa shape index (κ3) is 8.77. The third-order valence-corrected chi connectivity index (χ3v) is 5.17. The minimum absolute atomic E-state index is 0.0875. The Bertz CT molecular complexity index is 771. The van der Waals surface area contributed by atoms with Crippen LogP contribution in [0.1, 0.15) is 42.6 Å². The summed E-state index contributed by atoms with van der Waals surface area (Å²) in [4.78, 5) is 13.3. The van der Waals surface area contributed by atoms with Gasteiger partial charge in [0.15, 0.2) is 11.5 Å². The number of hydrogen-bond donors (Lipinski definition) is 2. The number of carboxylic acid groups (broad SMARTS) is 1. The Balaban J connectivity index is 0.000000323. The van der Waals surface area contributed by atoms with Crippen LogP contribution in [0.25, 0.3) is 0 Å². The number of ether oxygens (including phenoxy) is 3. The Morgan fingerprint density at radius 2 is 1.59 bits per heavy atom. The van der Waals surface area contributed by atoms with Gasteiger partial charge in [0.2, 0.25) is 5.75 Å². The molecule has 2 aromatic carbocycles. The molecule has 1 unspecified atom stereocenters. The van der Waals surface area contributed by atoms with Crippen LogP contribution >= 0.6 is 0 Å². The lowest BCUT2D eigenvalue weighted by molar-refractivity contribution is 0.0696. The van der Waals surface area contributed by atoms with Crippen LogP contribution in [0, 0.1) is 0 Å². The summed E-state index contributed by atoms with van der Waals surface area (Å²) in [6.07, 6.45) is 3.10. The normalized spacial score (nSPS) is 11.3. The summed E-state index contributed by atoms with van der Waals surface area (Å²) in [5.41, 5.74) is 1.49. The molecule has 0 saturated heterocycles. The second-order valence-corrected chi connectivity index (χ2v) is 7.32. The van der Waals surface area contributed by atoms with Crippen molar-refractivity contribution in [2.75, 3.05) is 41.0 Å². The second-order valence-electron chi connectivity index (χ2n) is 7.32. The van der Waals surface area contributed by atoms with E-state index < -0.39 is 5.97 Å². The van der Waals surface area contributed by atoms with Gasteiger partial charge in [-0.2, -0.15) is 0 Å². The van der Waals surface area contributed by atoms with Crippen LogP contribution in [0.3, 0.4) is 0 Å². The van der Waals surface area contributed by atoms with E-state index in [0.717, 1.165) is 32.4 Å². The minimum atomic E-state index is -1.05. The minimum Gasteiger partial charge on any atom is -0.493 e. The zero-order valence-electron chi connectivity index (χ0n) is 19.8. The first kappa shape index (κ1) is 27.3. The predicted molar refractivity (Wildman–Crippen MR) is 126 cm³/mol. The molecule has 0 spiro atoms. The fourth-order valence-electron chi connectivity index (χ4n) is 3.41. The first-order valence-electron chi connectivity index (χ1n) is 10.8. The number of carbonyl (C=O) groups is 1. The van der Waals surface area contributed by atoms with E-state index in [1.165, 1.54) is 39.0 Å². The van der Waals surface area contributed by atoms with Crippen molar-refractivity contribution in [2.24, 2.45) is 0 Å². The highest BCUT2D eigenvalue weighted by Gasteiger charge is 2.16. The monoisotopic (exact) mass is 447 g/mol. The summed E-state index contributed by atoms with van der Waals surface area (Å²) in [6, 6.07) is 14.0. The Labute approximate surface area is 191 Å². The Hall–Kier alpha value is -2.77. The number of aliphatic hydroxyl groups is 1. The summed E-state index contributed by atoms with van der Waals surface area (Å²) in [5, 5.41) is 17.6. The van der Waals surface area contributed by atoms with Gasteiger partial charge in [-0.25, -0.2) is 4.79 Å². The highest BCUT2D eigenvalue weighted by atomic mass is 16.5. The summed E-state index contributed by atoms with van der Waals surface area (Å²) < 4.78 is 15.1. The topological polar surface area (TPSA) is 88.5 Å². The Kier molecular flexibility index (Phi) is 12.9. The standard InChI is InChI=1S/C15H25NO.C10H12O5/c1-3-16(11-7-8-12-17)14(2)13-15-9-5-4-6-10-15;1-13-7-4-6(10(11)12)5-8(14-2)9(7)15-3/h4-6,9-10,14,17H,3,7-8,11-13H2,1-2H3;4-5H,1-3H3,(H,11,12). The van der Waals surface area contributed by atoms with E-state index in [0.29, 0.717) is 29.9 Å². The van der Waals surface area contributed by atoms with Crippen molar-refractivity contribution in [2.45, 2.75) is 39.2 Å². The van der Waals surface area contributed by atoms with E-state index in [1.54, 1.807) is 0 Å². The molecule has 0 radical (unpaired) electrons. The Morgan fingerprint density at radius 3 is 2.03 bits per heavy atom. The van der Waals surface area contributed by atoms with Crippen molar-refractivity contribution in [1.82, 2.24) is 4.90 Å². The van der Waals surface area contributed by atoms with E-state index in [-0.39, 0.29) is 5.56 Å². The molecule has 7 nitrogen and oxygen atoms in total. The van der Waals surface area contributed by atoms with Crippen LogP contribution in [-0.4, -0.2) is 68.1 Å². The molecule has 2 aromatic rings. The maximum atomic E-state index is 10.8. The molecule has 0 aliphatic rings. The first-order chi connectivity index (χ1) is 15.4. The molecule has 0 amide bonds. The van der Waals surface area contributed by atoms with Gasteiger partial charge in [-0.3, -0.25) is 0 Å². The van der Waals surface area contributed by atoms with E-state index in [4.69, 9.17) is 24.4 Å². The molecule has 0 aliphatic carbocycles. The van der Waals surface area contributed by atoms with Crippen LogP contribution in [0.5, 0.6) is 17.2 Å². The lowest BCUT2D eigenvalue weighted by Crippen LogP contribution is -2.35. The van der Waals surface area contributed by atoms with Crippen molar-refractivity contribution >= 4 is 5.97 Å². The lowest BCUT2D eigenvalue weighted by atomic mass is 10.1. The molecule has 178 valence electrons. The van der Waals surface area contributed by atoms with Gasteiger partial charge in [0.05, 0.1) is 26.9 Å². The van der Waals surface area contributed by atoms with E-state index >= 15 is 0 Å². The summed E-state index contributed by atoms with van der Waals surface area (Å²) in [5.74, 6) is -0.0113. The number of rotatable bonds is 12. The third-order valence-electron chi connectivity index (χ3n) is 5.17. The molecule has 0 heterocycles. The molecule has 7 heteroatoms. The Morgan fingerprint density at radius 1 is 1.00 bits per heavy atom. The molecular weight excluding hydrogens is 410 g/mol. The number of likely N-dealkylation sites (N-methyl/N-ethyl adjacent to an activating group) is 1. The predicted octanol–water partition coefficient (Wildman–Crippen LogP) is 4.12. The highest BCUT2D eigenvalue weighted by molar-refractivity contribution is 5.89. The summed E-state index contributed by atoms with van der Waals surface area (Å²) >= 11 is 0. The molecule has 0 fully saturated rings. The number of aromatic carboxylic acids is 1. The number of carboxylic acids is 1. The van der Waals surface area contributed by atoms with Crippen LogP contribution in [0.2, 0.25) is 0 Å². The van der Waals surface area contributed by atoms with Gasteiger partial charge in [0.25, 0.3) is 0 Å². The van der Waals surface area contributed by atoms with Gasteiger partial charge in [0.1, 0.15) is 0 Å². The van der Waals surface area contributed by atoms with Crippen molar-refractivity contribution in [3.8, 4) is 17.2 Å². The van der Waals surface area contributed by atoms with Crippen LogP contribution in [0.4, 0.5) is 0 Å². The smallest absolute Gasteiger partial charge is 0.335 e. The molecule has 0 bridgehead atoms. The number of aliphatic hydroxyl groups excluding tert-OH is 1. The van der Waals surface area contributed by atoms with Crippen LogP contribution in [0.15, 0.2) is 42.5 Å². The van der Waals surface area contributed by atoms with E-state index in [2.05, 4.69) is 49.1 Å². The molecule has 32 heavy (non-hydrogen) atoms. The fourth-order valence-corrected chi connectivity index (χ4v) is 3.41. The van der Waals surface area contributed by atoms with Crippen molar-refractivity contribution < 1.29 is 29.2 Å². The first-order valence-corrected chi connectivity index (χ1v) is 10.8. The average molecular weight is 448 g/mol. The quantitative estimate of drug-likeness (QED) is 0.473. The van der Waals surface area contributed by atoms with Crippen molar-refractivity contribution in [3.63, 3.8) is 0 Å². The van der Waals surface area contributed by atoms with Crippen molar-refractivity contribution in [1.29, 1.82) is 0 Å². The van der Waals surface area contributed by atoms with Gasteiger partial charge in [0, 0.05) is 12.6 Å². The largest absolute Gasteiger partial charge is 0.493 e. The molecule has 1 atom stereocenters. The van der Waals surface area contributed by atoms with Crippen LogP contribution in [-0.2, 0) is 6.42 Å². The molecule has 0 saturated carbocycles. The molecule has 2 rings (SSSR count). The highest BCUT2D eigenvalue weighted by Crippen LogP contribution is 2.38. The molecule has 2 N–H and O–H groups in total. The molecular formula is C25H37NO6. The summed E-state index contributed by atoms with van der Waals surface area (Å²) in [6.45, 7) is 6.98. The van der Waals surface area contributed by atoms with Gasteiger partial charge in [-0.1, -0.05) is 37.3 Å². The molecule has 0 aromatic heterocycles. The SMILES string of the molecule is CCN(CCCCO)C(C)Cc1ccccc1.COc1cc(C(=O)O)cc(OC)c1OC. The summed E-state index contributed by atoms with van der Waals surface area (Å²) in [7, 11) is 4.33. The van der Waals surface area contributed by atoms with Gasteiger partial charge in [-0.15, -0.1) is 0 Å². The molecule has 0 aliphatic heterocycles. The maximum absolute atomic E-state index is 10.8. The fraction of sp³-hybridized carbons (Fsp3) is 0.480. The number of hydrogen-bond acceptors (Lipinski definition) is 6. The number of methoxy groups -OCH3 is 3. The average Bonchev–Trinajstić information content (AvgIpc) is 2.81. The van der Waals surface area contributed by atoms with Gasteiger partial charge in [-0.05, 0) is 57.0 Å². The number of benzene rings is 2. The number of nitrogens with zero attached hydrogens (tertiary/aromatic N) is 1. The van der Waals surface area contributed by atoms with Crippen LogP contribution < -0.4 is 14.2 Å². The van der Waals surface area contributed by atoms with E-state index in [9.17, 15) is 4.79 Å². The second kappa shape index (κ2) is 15.1. The van der Waals surface area contributed by atoms with Crippen molar-refractivity contribution in [3.05, 3.63) is 53.6 Å². The van der Waals surface area contributed by atoms with Gasteiger partial charge < -0.3 is 29.3 Å².